The van der Waals surface area contributed by atoms with Crippen molar-refractivity contribution in [3.63, 3.8) is 0 Å². The van der Waals surface area contributed by atoms with E-state index in [1.165, 1.54) is 38.2 Å². The predicted octanol–water partition coefficient (Wildman–Crippen LogP) is 6.19. The van der Waals surface area contributed by atoms with Crippen LogP contribution in [-0.2, 0) is 16.0 Å². The molecule has 3 aromatic rings. The normalized spacial score (nSPS) is 12.9. The van der Waals surface area contributed by atoms with Gasteiger partial charge >= 0.3 is 5.97 Å². The first kappa shape index (κ1) is 34.6. The number of aryl methyl sites for hydroxylation is 3. The molecule has 1 heterocycles. The summed E-state index contributed by atoms with van der Waals surface area (Å²) in [6.07, 6.45) is 1.44. The maximum Gasteiger partial charge on any atom is 0.305 e. The zero-order valence-electron chi connectivity index (χ0n) is 26.6. The topological polar surface area (TPSA) is 91.6 Å². The zero-order valence-corrected chi connectivity index (χ0v) is 26.6. The number of benzene rings is 2. The van der Waals surface area contributed by atoms with Crippen molar-refractivity contribution in [2.45, 2.75) is 72.9 Å². The lowest BCUT2D eigenvalue weighted by molar-refractivity contribution is -0.138. The summed E-state index contributed by atoms with van der Waals surface area (Å²) >= 11 is 0. The van der Waals surface area contributed by atoms with Crippen LogP contribution in [0.5, 0.6) is 0 Å². The average molecular weight is 614 g/mol. The van der Waals surface area contributed by atoms with Crippen LogP contribution in [0.15, 0.2) is 35.3 Å². The van der Waals surface area contributed by atoms with Crippen molar-refractivity contribution in [2.24, 2.45) is 5.92 Å². The lowest BCUT2D eigenvalue weighted by Crippen LogP contribution is -2.41. The van der Waals surface area contributed by atoms with Gasteiger partial charge in [-0.05, 0) is 124 Å². The summed E-state index contributed by atoms with van der Waals surface area (Å²) in [5, 5.41) is 12.4. The summed E-state index contributed by atoms with van der Waals surface area (Å²) in [4.78, 5) is 40.9. The highest BCUT2D eigenvalue weighted by Gasteiger charge is 2.30. The number of nitrogens with one attached hydrogen (secondary N) is 1. The van der Waals surface area contributed by atoms with E-state index < -0.39 is 53.4 Å². The summed E-state index contributed by atoms with van der Waals surface area (Å²) in [7, 11) is 3.74. The number of halogens is 3. The second-order valence-electron chi connectivity index (χ2n) is 12.3. The fourth-order valence-electron chi connectivity index (χ4n) is 5.60. The molecular weight excluding hydrogens is 571 g/mol. The smallest absolute Gasteiger partial charge is 0.305 e. The molecule has 3 rings (SSSR count). The van der Waals surface area contributed by atoms with Gasteiger partial charge in [0, 0.05) is 18.3 Å². The van der Waals surface area contributed by atoms with Crippen molar-refractivity contribution < 1.29 is 27.9 Å². The molecule has 0 bridgehead atoms. The molecule has 2 N–H and O–H groups in total. The van der Waals surface area contributed by atoms with Crippen molar-refractivity contribution >= 4 is 11.9 Å². The van der Waals surface area contributed by atoms with Crippen LogP contribution in [0.25, 0.3) is 11.1 Å². The van der Waals surface area contributed by atoms with Crippen molar-refractivity contribution in [1.29, 1.82) is 0 Å². The van der Waals surface area contributed by atoms with Crippen LogP contribution in [0.4, 0.5) is 13.2 Å². The average Bonchev–Trinajstić information content (AvgIpc) is 2.90. The Morgan fingerprint density at radius 1 is 0.955 bits per heavy atom. The summed E-state index contributed by atoms with van der Waals surface area (Å²) in [6, 6.07) is 3.29. The number of aromatic nitrogens is 1. The van der Waals surface area contributed by atoms with Gasteiger partial charge in [-0.15, -0.1) is 0 Å². The molecule has 10 heteroatoms. The van der Waals surface area contributed by atoms with Gasteiger partial charge in [-0.1, -0.05) is 13.8 Å². The number of hydrogen-bond donors (Lipinski definition) is 2. The second-order valence-corrected chi connectivity index (χ2v) is 12.3. The molecule has 0 saturated carbocycles. The zero-order chi connectivity index (χ0) is 33.0. The molecule has 7 nitrogen and oxygen atoms in total. The van der Waals surface area contributed by atoms with Gasteiger partial charge in [0.2, 0.25) is 5.91 Å². The van der Waals surface area contributed by atoms with Crippen molar-refractivity contribution in [2.75, 3.05) is 20.6 Å². The number of hydrogen-bond acceptors (Lipinski definition) is 4. The summed E-state index contributed by atoms with van der Waals surface area (Å²) in [5.41, 5.74) is 2.41. The minimum atomic E-state index is -1.31. The monoisotopic (exact) mass is 613 g/mol. The minimum Gasteiger partial charge on any atom is -0.481 e. The Bertz CT molecular complexity index is 1590. The highest BCUT2D eigenvalue weighted by molar-refractivity contribution is 5.82. The Morgan fingerprint density at radius 2 is 1.57 bits per heavy atom. The standard InChI is InChI=1S/C34H42F3N3O4/c1-18(2)11-28(40-17-23(9-10-39(7)8)22(6)32(37)34(40)44)33(43)38-27(16-29(41)42)26-15-24(12-21(5)31(26)36)30-19(3)13-25(35)14-20(30)4/h12-15,17-18,27-28H,9-11,16H2,1-8H3,(H,38,43)(H,41,42)/t27-,28?/m0/s1. The van der Waals surface area contributed by atoms with Gasteiger partial charge in [-0.3, -0.25) is 14.4 Å². The third-order valence-corrected chi connectivity index (χ3v) is 7.83. The number of carbonyl (C=O) groups is 2. The van der Waals surface area contributed by atoms with Gasteiger partial charge in [0.15, 0.2) is 5.82 Å². The third-order valence-electron chi connectivity index (χ3n) is 7.83. The number of carbonyl (C=O) groups excluding carboxylic acids is 1. The summed E-state index contributed by atoms with van der Waals surface area (Å²) < 4.78 is 46.0. The quantitative estimate of drug-likeness (QED) is 0.254. The van der Waals surface area contributed by atoms with E-state index in [1.807, 2.05) is 32.8 Å². The van der Waals surface area contributed by atoms with Crippen LogP contribution in [0.1, 0.15) is 72.2 Å². The molecule has 0 aliphatic heterocycles. The second kappa shape index (κ2) is 14.2. The Kier molecular flexibility index (Phi) is 11.2. The number of amides is 1. The molecular formula is C34H42F3N3O4. The number of aliphatic carboxylic acids is 1. The van der Waals surface area contributed by atoms with E-state index in [0.717, 1.165) is 4.57 Å². The summed E-state index contributed by atoms with van der Waals surface area (Å²) in [5.74, 6) is -4.17. The molecule has 0 aliphatic carbocycles. The van der Waals surface area contributed by atoms with Gasteiger partial charge in [0.1, 0.15) is 17.7 Å². The molecule has 0 spiro atoms. The van der Waals surface area contributed by atoms with E-state index in [0.29, 0.717) is 40.8 Å². The first-order chi connectivity index (χ1) is 20.5. The molecule has 1 amide bonds. The molecule has 2 aromatic carbocycles. The number of likely N-dealkylation sites (N-methyl/N-ethyl adjacent to an activating group) is 1. The molecule has 0 radical (unpaired) electrons. The highest BCUT2D eigenvalue weighted by atomic mass is 19.1. The number of nitrogens with zero attached hydrogens (tertiary/aromatic N) is 2. The fraction of sp³-hybridized carbons (Fsp3) is 0.441. The van der Waals surface area contributed by atoms with Gasteiger partial charge in [0.25, 0.3) is 5.56 Å². The SMILES string of the molecule is Cc1cc(-c2c(C)cc(F)cc2C)cc([C@H](CC(=O)O)NC(=O)C(CC(C)C)n2cc(CCN(C)C)c(C)c(F)c2=O)c1F. The molecule has 0 aliphatic rings. The molecule has 1 unspecified atom stereocenters. The first-order valence-electron chi connectivity index (χ1n) is 14.7. The highest BCUT2D eigenvalue weighted by Crippen LogP contribution is 2.34. The minimum absolute atomic E-state index is 0.0590. The van der Waals surface area contributed by atoms with Crippen molar-refractivity contribution in [3.05, 3.63) is 91.6 Å². The van der Waals surface area contributed by atoms with Crippen molar-refractivity contribution in [3.8, 4) is 11.1 Å². The number of pyridine rings is 1. The van der Waals surface area contributed by atoms with E-state index in [4.69, 9.17) is 0 Å². The van der Waals surface area contributed by atoms with Gasteiger partial charge in [-0.2, -0.15) is 0 Å². The van der Waals surface area contributed by atoms with Gasteiger partial charge in [-0.25, -0.2) is 13.2 Å². The van der Waals surface area contributed by atoms with E-state index in [1.54, 1.807) is 19.9 Å². The first-order valence-corrected chi connectivity index (χ1v) is 14.7. The largest absolute Gasteiger partial charge is 0.481 e. The van der Waals surface area contributed by atoms with Crippen molar-refractivity contribution in [1.82, 2.24) is 14.8 Å². The van der Waals surface area contributed by atoms with Gasteiger partial charge < -0.3 is 19.9 Å². The lowest BCUT2D eigenvalue weighted by Gasteiger charge is -2.27. The fourth-order valence-corrected chi connectivity index (χ4v) is 5.60. The van der Waals surface area contributed by atoms with Gasteiger partial charge in [0.05, 0.1) is 12.5 Å². The summed E-state index contributed by atoms with van der Waals surface area (Å²) in [6.45, 7) is 10.8. The van der Waals surface area contributed by atoms with E-state index in [-0.39, 0.29) is 29.0 Å². The van der Waals surface area contributed by atoms with Crippen LogP contribution in [-0.4, -0.2) is 47.1 Å². The molecule has 2 atom stereocenters. The van der Waals surface area contributed by atoms with Crippen LogP contribution >= 0.6 is 0 Å². The lowest BCUT2D eigenvalue weighted by atomic mass is 9.90. The number of rotatable bonds is 12. The van der Waals surface area contributed by atoms with E-state index >= 15 is 8.78 Å². The Balaban J connectivity index is 2.13. The van der Waals surface area contributed by atoms with Crippen LogP contribution in [0, 0.1) is 51.1 Å². The Morgan fingerprint density at radius 3 is 2.11 bits per heavy atom. The Hall–Kier alpha value is -3.92. The third kappa shape index (κ3) is 7.96. The molecule has 44 heavy (non-hydrogen) atoms. The molecule has 1 aromatic heterocycles. The Labute approximate surface area is 256 Å². The van der Waals surface area contributed by atoms with E-state index in [9.17, 15) is 23.9 Å². The molecule has 238 valence electrons. The van der Waals surface area contributed by atoms with Crippen LogP contribution in [0.3, 0.4) is 0 Å². The maximum absolute atomic E-state index is 15.7. The number of carboxylic acids is 1. The molecule has 0 saturated heterocycles. The van der Waals surface area contributed by atoms with Crippen LogP contribution < -0.4 is 10.9 Å². The van der Waals surface area contributed by atoms with E-state index in [2.05, 4.69) is 5.32 Å². The molecule has 0 fully saturated rings. The maximum atomic E-state index is 15.7. The number of carboxylic acid groups (broad SMARTS) is 1. The predicted molar refractivity (Wildman–Crippen MR) is 165 cm³/mol. The van der Waals surface area contributed by atoms with Crippen LogP contribution in [0.2, 0.25) is 0 Å².